The number of nitrogens with two attached hydrogens (primary N) is 1. The number of aromatic nitrogens is 1. The molecule has 0 saturated heterocycles. The van der Waals surface area contributed by atoms with Crippen molar-refractivity contribution in [2.75, 3.05) is 7.05 Å². The molecule has 0 radical (unpaired) electrons. The zero-order valence-electron chi connectivity index (χ0n) is 10.9. The van der Waals surface area contributed by atoms with Gasteiger partial charge in [0.25, 0.3) is 0 Å². The van der Waals surface area contributed by atoms with E-state index in [4.69, 9.17) is 5.73 Å². The van der Waals surface area contributed by atoms with Crippen molar-refractivity contribution in [2.24, 2.45) is 5.73 Å². The molecule has 0 amide bonds. The molecule has 2 atom stereocenters. The lowest BCUT2D eigenvalue weighted by molar-refractivity contribution is 0.191. The minimum Gasteiger partial charge on any atom is -0.326 e. The maximum atomic E-state index is 6.28. The normalized spacial score (nSPS) is 26.1. The standard InChI is InChI=1S/C13H23N3S/c1-10-15-11(9-17-10)8-16(2)13-7-5-3-4-6-12(13)14/h9,12-13H,3-8,14H2,1-2H3. The zero-order chi connectivity index (χ0) is 12.3. The third-order valence-corrected chi connectivity index (χ3v) is 4.50. The van der Waals surface area contributed by atoms with Crippen LogP contribution in [0.2, 0.25) is 0 Å². The second-order valence-electron chi connectivity index (χ2n) is 5.14. The molecule has 0 aromatic carbocycles. The van der Waals surface area contributed by atoms with Gasteiger partial charge in [-0.1, -0.05) is 19.3 Å². The SMILES string of the molecule is Cc1nc(CN(C)C2CCCCCC2N)cs1. The van der Waals surface area contributed by atoms with Gasteiger partial charge in [0.2, 0.25) is 0 Å². The number of hydrogen-bond donors (Lipinski definition) is 1. The Morgan fingerprint density at radius 2 is 2.18 bits per heavy atom. The summed E-state index contributed by atoms with van der Waals surface area (Å²) in [5.74, 6) is 0. The smallest absolute Gasteiger partial charge is 0.0897 e. The van der Waals surface area contributed by atoms with Crippen molar-refractivity contribution in [3.63, 3.8) is 0 Å². The van der Waals surface area contributed by atoms with Crippen LogP contribution in [0.25, 0.3) is 0 Å². The van der Waals surface area contributed by atoms with E-state index in [1.165, 1.54) is 37.8 Å². The van der Waals surface area contributed by atoms with Crippen molar-refractivity contribution in [2.45, 2.75) is 57.7 Å². The maximum absolute atomic E-state index is 6.28. The van der Waals surface area contributed by atoms with Crippen molar-refractivity contribution in [1.29, 1.82) is 0 Å². The molecule has 0 aliphatic heterocycles. The fourth-order valence-electron chi connectivity index (χ4n) is 2.72. The minimum atomic E-state index is 0.335. The van der Waals surface area contributed by atoms with Gasteiger partial charge in [0, 0.05) is 24.0 Å². The quantitative estimate of drug-likeness (QED) is 0.842. The van der Waals surface area contributed by atoms with Crippen molar-refractivity contribution < 1.29 is 0 Å². The van der Waals surface area contributed by atoms with Gasteiger partial charge in [-0.15, -0.1) is 11.3 Å². The molecule has 96 valence electrons. The van der Waals surface area contributed by atoms with E-state index in [0.717, 1.165) is 11.6 Å². The van der Waals surface area contributed by atoms with Gasteiger partial charge in [-0.3, -0.25) is 4.90 Å². The van der Waals surface area contributed by atoms with Gasteiger partial charge in [0.05, 0.1) is 10.7 Å². The highest BCUT2D eigenvalue weighted by molar-refractivity contribution is 7.09. The van der Waals surface area contributed by atoms with Gasteiger partial charge in [0.1, 0.15) is 0 Å². The van der Waals surface area contributed by atoms with Crippen LogP contribution in [0.15, 0.2) is 5.38 Å². The summed E-state index contributed by atoms with van der Waals surface area (Å²) in [5.41, 5.74) is 7.47. The lowest BCUT2D eigenvalue weighted by Gasteiger charge is -2.30. The fourth-order valence-corrected chi connectivity index (χ4v) is 3.32. The van der Waals surface area contributed by atoms with Crippen molar-refractivity contribution in [3.8, 4) is 0 Å². The zero-order valence-corrected chi connectivity index (χ0v) is 11.7. The van der Waals surface area contributed by atoms with E-state index in [-0.39, 0.29) is 0 Å². The van der Waals surface area contributed by atoms with Crippen LogP contribution in [0, 0.1) is 6.92 Å². The molecule has 2 unspecified atom stereocenters. The summed E-state index contributed by atoms with van der Waals surface area (Å²) in [5, 5.41) is 3.31. The Morgan fingerprint density at radius 1 is 1.41 bits per heavy atom. The van der Waals surface area contributed by atoms with Crippen LogP contribution in [-0.4, -0.2) is 29.0 Å². The summed E-state index contributed by atoms with van der Waals surface area (Å²) in [6, 6.07) is 0.863. The Bertz CT molecular complexity index is 350. The summed E-state index contributed by atoms with van der Waals surface area (Å²) in [7, 11) is 2.19. The number of aryl methyl sites for hydroxylation is 1. The molecule has 0 spiro atoms. The third kappa shape index (κ3) is 3.50. The molecule has 4 heteroatoms. The van der Waals surface area contributed by atoms with E-state index in [1.54, 1.807) is 11.3 Å². The van der Waals surface area contributed by atoms with Crippen LogP contribution in [0.3, 0.4) is 0 Å². The van der Waals surface area contributed by atoms with Crippen molar-refractivity contribution in [3.05, 3.63) is 16.1 Å². The van der Waals surface area contributed by atoms with Crippen LogP contribution in [0.1, 0.15) is 42.8 Å². The van der Waals surface area contributed by atoms with Gasteiger partial charge in [0.15, 0.2) is 0 Å². The summed E-state index contributed by atoms with van der Waals surface area (Å²) >= 11 is 1.73. The van der Waals surface area contributed by atoms with Gasteiger partial charge >= 0.3 is 0 Å². The molecule has 1 aliphatic rings. The minimum absolute atomic E-state index is 0.335. The molecule has 1 fully saturated rings. The van der Waals surface area contributed by atoms with E-state index in [0.29, 0.717) is 12.1 Å². The number of rotatable bonds is 3. The molecule has 2 rings (SSSR count). The first-order chi connectivity index (χ1) is 8.16. The molecule has 0 bridgehead atoms. The molecule has 1 heterocycles. The molecular formula is C13H23N3S. The van der Waals surface area contributed by atoms with Crippen LogP contribution >= 0.6 is 11.3 Å². The summed E-state index contributed by atoms with van der Waals surface area (Å²) in [6.45, 7) is 2.99. The monoisotopic (exact) mass is 253 g/mol. The Morgan fingerprint density at radius 3 is 2.88 bits per heavy atom. The fraction of sp³-hybridized carbons (Fsp3) is 0.769. The maximum Gasteiger partial charge on any atom is 0.0897 e. The van der Waals surface area contributed by atoms with Crippen LogP contribution in [0.4, 0.5) is 0 Å². The summed E-state index contributed by atoms with van der Waals surface area (Å²) in [4.78, 5) is 6.92. The van der Waals surface area contributed by atoms with E-state index >= 15 is 0 Å². The Labute approximate surface area is 108 Å². The summed E-state index contributed by atoms with van der Waals surface area (Å²) in [6.07, 6.45) is 6.36. The number of hydrogen-bond acceptors (Lipinski definition) is 4. The molecule has 2 N–H and O–H groups in total. The van der Waals surface area contributed by atoms with E-state index < -0.39 is 0 Å². The number of thiazole rings is 1. The first-order valence-corrected chi connectivity index (χ1v) is 7.41. The largest absolute Gasteiger partial charge is 0.326 e. The molecule has 1 aromatic rings. The molecule has 1 saturated carbocycles. The first kappa shape index (κ1) is 13.0. The van der Waals surface area contributed by atoms with Crippen LogP contribution in [0.5, 0.6) is 0 Å². The first-order valence-electron chi connectivity index (χ1n) is 6.53. The summed E-state index contributed by atoms with van der Waals surface area (Å²) < 4.78 is 0. The van der Waals surface area contributed by atoms with Gasteiger partial charge < -0.3 is 5.73 Å². The van der Waals surface area contributed by atoms with Crippen molar-refractivity contribution >= 4 is 11.3 Å². The average molecular weight is 253 g/mol. The van der Waals surface area contributed by atoms with E-state index in [1.807, 2.05) is 0 Å². The van der Waals surface area contributed by atoms with Gasteiger partial charge in [-0.2, -0.15) is 0 Å². The number of nitrogens with zero attached hydrogens (tertiary/aromatic N) is 2. The van der Waals surface area contributed by atoms with Crippen LogP contribution < -0.4 is 5.73 Å². The number of likely N-dealkylation sites (N-methyl/N-ethyl adjacent to an activating group) is 1. The molecule has 1 aliphatic carbocycles. The predicted molar refractivity (Wildman–Crippen MR) is 73.2 cm³/mol. The van der Waals surface area contributed by atoms with Crippen LogP contribution in [-0.2, 0) is 6.54 Å². The lowest BCUT2D eigenvalue weighted by atomic mass is 10.0. The Balaban J connectivity index is 1.95. The highest BCUT2D eigenvalue weighted by atomic mass is 32.1. The Hall–Kier alpha value is -0.450. The molecule has 17 heavy (non-hydrogen) atoms. The van der Waals surface area contributed by atoms with E-state index in [9.17, 15) is 0 Å². The van der Waals surface area contributed by atoms with Gasteiger partial charge in [-0.25, -0.2) is 4.98 Å². The second-order valence-corrected chi connectivity index (χ2v) is 6.20. The van der Waals surface area contributed by atoms with Gasteiger partial charge in [-0.05, 0) is 26.8 Å². The third-order valence-electron chi connectivity index (χ3n) is 3.68. The molecular weight excluding hydrogens is 230 g/mol. The second kappa shape index (κ2) is 5.94. The predicted octanol–water partition coefficient (Wildman–Crippen LogP) is 2.54. The topological polar surface area (TPSA) is 42.2 Å². The lowest BCUT2D eigenvalue weighted by Crippen LogP contribution is -2.45. The van der Waals surface area contributed by atoms with E-state index in [2.05, 4.69) is 29.2 Å². The highest BCUT2D eigenvalue weighted by Crippen LogP contribution is 2.22. The highest BCUT2D eigenvalue weighted by Gasteiger charge is 2.24. The van der Waals surface area contributed by atoms with Crippen molar-refractivity contribution in [1.82, 2.24) is 9.88 Å². The molecule has 3 nitrogen and oxygen atoms in total. The Kier molecular flexibility index (Phi) is 4.54. The average Bonchev–Trinajstić information content (AvgIpc) is 2.57. The molecule has 1 aromatic heterocycles.